The van der Waals surface area contributed by atoms with Crippen molar-refractivity contribution in [3.8, 4) is 11.5 Å². The summed E-state index contributed by atoms with van der Waals surface area (Å²) in [6, 6.07) is 3.86. The van der Waals surface area contributed by atoms with Crippen LogP contribution in [0.15, 0.2) is 43.0 Å². The fourth-order valence-corrected chi connectivity index (χ4v) is 4.26. The molecule has 0 bridgehead atoms. The van der Waals surface area contributed by atoms with Gasteiger partial charge in [-0.05, 0) is 60.1 Å². The summed E-state index contributed by atoms with van der Waals surface area (Å²) in [6.07, 6.45) is 8.63. The minimum absolute atomic E-state index is 0.0216. The van der Waals surface area contributed by atoms with E-state index in [0.717, 1.165) is 11.1 Å². The first-order valence-electron chi connectivity index (χ1n) is 8.77. The molecule has 0 spiro atoms. The van der Waals surface area contributed by atoms with Crippen LogP contribution >= 0.6 is 0 Å². The Kier molecular flexibility index (Phi) is 4.49. The van der Waals surface area contributed by atoms with Crippen molar-refractivity contribution in [2.24, 2.45) is 0 Å². The minimum Gasteiger partial charge on any atom is -0.454 e. The Morgan fingerprint density at radius 2 is 1.73 bits per heavy atom. The van der Waals surface area contributed by atoms with Crippen LogP contribution < -0.4 is 9.47 Å². The third kappa shape index (κ3) is 3.17. The Morgan fingerprint density at radius 3 is 2.27 bits per heavy atom. The molecule has 3 rings (SSSR count). The van der Waals surface area contributed by atoms with Gasteiger partial charge in [-0.15, -0.1) is 0 Å². The van der Waals surface area contributed by atoms with Gasteiger partial charge < -0.3 is 13.9 Å². The summed E-state index contributed by atoms with van der Waals surface area (Å²) < 4.78 is 17.9. The zero-order chi connectivity index (χ0) is 19.2. The van der Waals surface area contributed by atoms with Gasteiger partial charge in [0.15, 0.2) is 25.6 Å². The van der Waals surface area contributed by atoms with E-state index in [1.54, 1.807) is 18.2 Å². The first-order valence-corrected chi connectivity index (χ1v) is 11.7. The van der Waals surface area contributed by atoms with Gasteiger partial charge in [0, 0.05) is 5.56 Å². The Balaban J connectivity index is 2.18. The summed E-state index contributed by atoms with van der Waals surface area (Å²) in [5.74, 6) is 1.34. The lowest BCUT2D eigenvalue weighted by molar-refractivity contribution is -0.110. The molecule has 0 unspecified atom stereocenters. The highest BCUT2D eigenvalue weighted by molar-refractivity contribution is 6.74. The highest BCUT2D eigenvalue weighted by Crippen LogP contribution is 2.47. The van der Waals surface area contributed by atoms with Gasteiger partial charge in [-0.25, -0.2) is 0 Å². The van der Waals surface area contributed by atoms with E-state index in [9.17, 15) is 4.79 Å². The van der Waals surface area contributed by atoms with Crippen LogP contribution in [0.5, 0.6) is 11.5 Å². The Morgan fingerprint density at radius 1 is 1.15 bits per heavy atom. The third-order valence-corrected chi connectivity index (χ3v) is 9.87. The molecule has 0 N–H and O–H groups in total. The molecular formula is C21H26O4Si. The van der Waals surface area contributed by atoms with E-state index in [4.69, 9.17) is 13.9 Å². The number of rotatable bonds is 4. The predicted octanol–water partition coefficient (Wildman–Crippen LogP) is 4.97. The lowest BCUT2D eigenvalue weighted by atomic mass is 9.86. The maximum absolute atomic E-state index is 11.8. The molecule has 1 aromatic carbocycles. The second-order valence-electron chi connectivity index (χ2n) is 8.22. The molecular weight excluding hydrogens is 344 g/mol. The number of hydrogen-bond donors (Lipinski definition) is 0. The second-order valence-corrected chi connectivity index (χ2v) is 12.9. The number of hydrogen-bond acceptors (Lipinski definition) is 4. The van der Waals surface area contributed by atoms with Crippen molar-refractivity contribution in [1.82, 2.24) is 0 Å². The number of benzene rings is 1. The van der Waals surface area contributed by atoms with Gasteiger partial charge in [-0.1, -0.05) is 33.4 Å². The fourth-order valence-electron chi connectivity index (χ4n) is 2.87. The zero-order valence-corrected chi connectivity index (χ0v) is 17.1. The molecule has 0 radical (unpaired) electrons. The predicted molar refractivity (Wildman–Crippen MR) is 106 cm³/mol. The Labute approximate surface area is 156 Å². The molecule has 0 amide bonds. The molecule has 0 saturated carbocycles. The monoisotopic (exact) mass is 370 g/mol. The number of carbonyl (C=O) groups excluding carboxylic acids is 1. The summed E-state index contributed by atoms with van der Waals surface area (Å²) in [5, 5.41) is 0.0216. The SMILES string of the molecule is C=Cc1cc2c(cc1C1(O[Si](C)(C)C(C)(C)C)C=CC(=O)C=C1)OCO2. The van der Waals surface area contributed by atoms with Gasteiger partial charge >= 0.3 is 0 Å². The van der Waals surface area contributed by atoms with Crippen molar-refractivity contribution in [1.29, 1.82) is 0 Å². The van der Waals surface area contributed by atoms with Gasteiger partial charge in [-0.3, -0.25) is 4.79 Å². The summed E-state index contributed by atoms with van der Waals surface area (Å²) in [7, 11) is -2.15. The minimum atomic E-state index is -2.15. The lowest BCUT2D eigenvalue weighted by Gasteiger charge is -2.44. The maximum Gasteiger partial charge on any atom is 0.231 e. The van der Waals surface area contributed by atoms with Crippen LogP contribution in [0.1, 0.15) is 31.9 Å². The first kappa shape index (κ1) is 18.7. The van der Waals surface area contributed by atoms with Crippen LogP contribution in [0.25, 0.3) is 6.08 Å². The molecule has 5 heteroatoms. The second kappa shape index (κ2) is 6.25. The van der Waals surface area contributed by atoms with E-state index in [2.05, 4.69) is 40.4 Å². The smallest absolute Gasteiger partial charge is 0.231 e. The van der Waals surface area contributed by atoms with Crippen molar-refractivity contribution in [3.63, 3.8) is 0 Å². The number of allylic oxidation sites excluding steroid dienone is 2. The average molecular weight is 371 g/mol. The van der Waals surface area contributed by atoms with Crippen molar-refractivity contribution in [3.05, 3.63) is 54.1 Å². The fraction of sp³-hybridized carbons (Fsp3) is 0.381. The summed E-state index contributed by atoms with van der Waals surface area (Å²) in [6.45, 7) is 15.1. The van der Waals surface area contributed by atoms with Crippen LogP contribution in [-0.4, -0.2) is 20.9 Å². The topological polar surface area (TPSA) is 44.8 Å². The number of fused-ring (bicyclic) bond motifs is 1. The summed E-state index contributed by atoms with van der Waals surface area (Å²) in [4.78, 5) is 11.8. The molecule has 1 heterocycles. The van der Waals surface area contributed by atoms with E-state index < -0.39 is 13.9 Å². The van der Waals surface area contributed by atoms with E-state index in [1.165, 1.54) is 0 Å². The van der Waals surface area contributed by atoms with Crippen LogP contribution in [0.2, 0.25) is 18.1 Å². The van der Waals surface area contributed by atoms with E-state index in [-0.39, 0.29) is 17.6 Å². The average Bonchev–Trinajstić information content (AvgIpc) is 3.02. The van der Waals surface area contributed by atoms with Gasteiger partial charge in [0.2, 0.25) is 6.79 Å². The normalized spacial score (nSPS) is 18.3. The Bertz CT molecular complexity index is 796. The van der Waals surface area contributed by atoms with Crippen molar-refractivity contribution in [2.75, 3.05) is 6.79 Å². The molecule has 1 aliphatic carbocycles. The van der Waals surface area contributed by atoms with Gasteiger partial charge in [0.25, 0.3) is 0 Å². The summed E-state index contributed by atoms with van der Waals surface area (Å²) >= 11 is 0. The Hall–Kier alpha value is -2.11. The van der Waals surface area contributed by atoms with Gasteiger partial charge in [0.05, 0.1) is 0 Å². The maximum atomic E-state index is 11.8. The highest BCUT2D eigenvalue weighted by atomic mass is 28.4. The molecule has 0 atom stereocenters. The molecule has 1 aromatic rings. The van der Waals surface area contributed by atoms with Crippen molar-refractivity contribution >= 4 is 20.2 Å². The first-order chi connectivity index (χ1) is 12.1. The summed E-state index contributed by atoms with van der Waals surface area (Å²) in [5.41, 5.74) is 0.972. The van der Waals surface area contributed by atoms with Crippen LogP contribution in [-0.2, 0) is 14.8 Å². The molecule has 1 aliphatic heterocycles. The molecule has 0 aromatic heterocycles. The van der Waals surface area contributed by atoms with Gasteiger partial charge in [0.1, 0.15) is 5.60 Å². The largest absolute Gasteiger partial charge is 0.454 e. The molecule has 4 nitrogen and oxygen atoms in total. The van der Waals surface area contributed by atoms with E-state index in [0.29, 0.717) is 11.5 Å². The molecule has 138 valence electrons. The molecule has 26 heavy (non-hydrogen) atoms. The molecule has 2 aliphatic rings. The van der Waals surface area contributed by atoms with Crippen LogP contribution in [0.4, 0.5) is 0 Å². The molecule has 0 saturated heterocycles. The highest BCUT2D eigenvalue weighted by Gasteiger charge is 2.45. The standard InChI is InChI=1S/C21H26O4Si/c1-7-15-12-18-19(24-14-23-18)13-17(15)21(10-8-16(22)9-11-21)25-26(5,6)20(2,3)4/h7-13H,1,14H2,2-6H3. The lowest BCUT2D eigenvalue weighted by Crippen LogP contribution is -2.47. The van der Waals surface area contributed by atoms with Gasteiger partial charge in [-0.2, -0.15) is 0 Å². The zero-order valence-electron chi connectivity index (χ0n) is 16.1. The number of ether oxygens (including phenoxy) is 2. The van der Waals surface area contributed by atoms with Crippen LogP contribution in [0, 0.1) is 0 Å². The van der Waals surface area contributed by atoms with Crippen molar-refractivity contribution in [2.45, 2.75) is 44.5 Å². The van der Waals surface area contributed by atoms with Crippen molar-refractivity contribution < 1.29 is 18.7 Å². The van der Waals surface area contributed by atoms with E-state index >= 15 is 0 Å². The number of carbonyl (C=O) groups is 1. The third-order valence-electron chi connectivity index (χ3n) is 5.41. The van der Waals surface area contributed by atoms with E-state index in [1.807, 2.05) is 24.3 Å². The molecule has 0 fully saturated rings. The van der Waals surface area contributed by atoms with Crippen LogP contribution in [0.3, 0.4) is 0 Å². The number of ketones is 1. The quantitative estimate of drug-likeness (QED) is 0.702.